The van der Waals surface area contributed by atoms with Crippen LogP contribution < -0.4 is 5.32 Å². The summed E-state index contributed by atoms with van der Waals surface area (Å²) in [6.07, 6.45) is 3.52. The molecule has 2 N–H and O–H groups in total. The maximum absolute atomic E-state index is 12.3. The van der Waals surface area contributed by atoms with Crippen LogP contribution in [0.5, 0.6) is 0 Å². The van der Waals surface area contributed by atoms with Gasteiger partial charge in [0.15, 0.2) is 5.13 Å². The van der Waals surface area contributed by atoms with Crippen LogP contribution in [0.3, 0.4) is 0 Å². The summed E-state index contributed by atoms with van der Waals surface area (Å²) in [5, 5.41) is 6.02. The summed E-state index contributed by atoms with van der Waals surface area (Å²) in [4.78, 5) is 41.3. The van der Waals surface area contributed by atoms with Gasteiger partial charge in [0.2, 0.25) is 11.8 Å². The molecule has 1 aliphatic heterocycles. The second-order valence-electron chi connectivity index (χ2n) is 5.66. The average molecular weight is 342 g/mol. The Morgan fingerprint density at radius 2 is 2.33 bits per heavy atom. The summed E-state index contributed by atoms with van der Waals surface area (Å²) in [7, 11) is 1.70. The minimum absolute atomic E-state index is 0.00851. The normalized spacial score (nSPS) is 17.6. The molecule has 0 saturated carbocycles. The number of thiazole rings is 1. The summed E-state index contributed by atoms with van der Waals surface area (Å²) >= 11 is 1.33. The maximum atomic E-state index is 12.3. The van der Waals surface area contributed by atoms with E-state index in [2.05, 4.69) is 25.3 Å². The van der Waals surface area contributed by atoms with E-state index in [0.29, 0.717) is 23.1 Å². The predicted molar refractivity (Wildman–Crippen MR) is 89.4 cm³/mol. The van der Waals surface area contributed by atoms with Crippen molar-refractivity contribution < 1.29 is 9.59 Å². The van der Waals surface area contributed by atoms with Gasteiger partial charge in [-0.05, 0) is 6.07 Å². The molecule has 8 nitrogen and oxygen atoms in total. The standard InChI is InChI=1S/C15H14N6O2S/c1-21-5-8(4-11(21)22)14(23)20-15-19-10(6-24-15)12-9-2-3-16-13(9)18-7-17-12/h2-3,6-8H,4-5H2,1H3,(H,16,17,18)(H,19,20,23). The molecule has 3 aromatic rings. The highest BCUT2D eigenvalue weighted by molar-refractivity contribution is 7.14. The third kappa shape index (κ3) is 2.52. The first-order valence-electron chi connectivity index (χ1n) is 7.40. The smallest absolute Gasteiger partial charge is 0.231 e. The fourth-order valence-corrected chi connectivity index (χ4v) is 3.46. The number of aromatic nitrogens is 4. The van der Waals surface area contributed by atoms with Crippen molar-refractivity contribution in [2.45, 2.75) is 6.42 Å². The largest absolute Gasteiger partial charge is 0.346 e. The van der Waals surface area contributed by atoms with E-state index in [9.17, 15) is 9.59 Å². The molecule has 0 bridgehead atoms. The molecular formula is C15H14N6O2S. The number of amides is 2. The summed E-state index contributed by atoms with van der Waals surface area (Å²) in [5.74, 6) is -0.515. The molecule has 0 radical (unpaired) electrons. The number of hydrogen-bond acceptors (Lipinski definition) is 6. The van der Waals surface area contributed by atoms with Gasteiger partial charge in [0.25, 0.3) is 0 Å². The number of nitrogens with zero attached hydrogens (tertiary/aromatic N) is 4. The molecule has 1 unspecified atom stereocenters. The molecule has 24 heavy (non-hydrogen) atoms. The zero-order valence-corrected chi connectivity index (χ0v) is 13.6. The molecule has 4 heterocycles. The number of rotatable bonds is 3. The van der Waals surface area contributed by atoms with Gasteiger partial charge in [-0.1, -0.05) is 0 Å². The molecule has 4 rings (SSSR count). The number of likely N-dealkylation sites (tertiary alicyclic amines) is 1. The maximum Gasteiger partial charge on any atom is 0.231 e. The zero-order valence-electron chi connectivity index (χ0n) is 12.8. The number of nitrogens with one attached hydrogen (secondary N) is 2. The van der Waals surface area contributed by atoms with Crippen molar-refractivity contribution in [1.82, 2.24) is 24.8 Å². The van der Waals surface area contributed by atoms with Crippen LogP contribution in [-0.2, 0) is 9.59 Å². The van der Waals surface area contributed by atoms with Crippen LogP contribution >= 0.6 is 11.3 Å². The van der Waals surface area contributed by atoms with Crippen molar-refractivity contribution in [1.29, 1.82) is 0 Å². The van der Waals surface area contributed by atoms with Gasteiger partial charge in [-0.25, -0.2) is 15.0 Å². The summed E-state index contributed by atoms with van der Waals surface area (Å²) in [5.41, 5.74) is 2.14. The van der Waals surface area contributed by atoms with E-state index in [1.165, 1.54) is 17.7 Å². The van der Waals surface area contributed by atoms with Gasteiger partial charge in [-0.3, -0.25) is 9.59 Å². The number of H-pyrrole nitrogens is 1. The van der Waals surface area contributed by atoms with Crippen LogP contribution in [0.25, 0.3) is 22.4 Å². The quantitative estimate of drug-likeness (QED) is 0.750. The van der Waals surface area contributed by atoms with Crippen molar-refractivity contribution >= 4 is 39.3 Å². The first-order chi connectivity index (χ1) is 11.6. The number of carbonyl (C=O) groups excluding carboxylic acids is 2. The SMILES string of the molecule is CN1CC(C(=O)Nc2nc(-c3ncnc4[nH]ccc34)cs2)CC1=O. The summed E-state index contributed by atoms with van der Waals surface area (Å²) < 4.78 is 0. The van der Waals surface area contributed by atoms with Gasteiger partial charge in [0.05, 0.1) is 5.92 Å². The van der Waals surface area contributed by atoms with Gasteiger partial charge in [-0.15, -0.1) is 11.3 Å². The Morgan fingerprint density at radius 1 is 1.46 bits per heavy atom. The number of fused-ring (bicyclic) bond motifs is 1. The average Bonchev–Trinajstić information content (AvgIpc) is 3.28. The molecular weight excluding hydrogens is 328 g/mol. The highest BCUT2D eigenvalue weighted by Crippen LogP contribution is 2.28. The van der Waals surface area contributed by atoms with Gasteiger partial charge in [-0.2, -0.15) is 0 Å². The van der Waals surface area contributed by atoms with Crippen LogP contribution in [-0.4, -0.2) is 50.2 Å². The summed E-state index contributed by atoms with van der Waals surface area (Å²) in [6.45, 7) is 0.443. The number of aromatic amines is 1. The number of hydrogen-bond donors (Lipinski definition) is 2. The van der Waals surface area contributed by atoms with Crippen LogP contribution in [0.4, 0.5) is 5.13 Å². The Morgan fingerprint density at radius 3 is 3.12 bits per heavy atom. The molecule has 0 aromatic carbocycles. The summed E-state index contributed by atoms with van der Waals surface area (Å²) in [6, 6.07) is 1.89. The number of anilines is 1. The van der Waals surface area contributed by atoms with Crippen molar-refractivity contribution in [3.63, 3.8) is 0 Å². The van der Waals surface area contributed by atoms with Gasteiger partial charge < -0.3 is 15.2 Å². The lowest BCUT2D eigenvalue weighted by Crippen LogP contribution is -2.25. The monoisotopic (exact) mass is 342 g/mol. The molecule has 1 aliphatic rings. The van der Waals surface area contributed by atoms with Crippen LogP contribution in [0, 0.1) is 5.92 Å². The second kappa shape index (κ2) is 5.68. The molecule has 9 heteroatoms. The highest BCUT2D eigenvalue weighted by Gasteiger charge is 2.32. The molecule has 3 aromatic heterocycles. The van der Waals surface area contributed by atoms with Crippen LogP contribution in [0.1, 0.15) is 6.42 Å². The van der Waals surface area contributed by atoms with Crippen LogP contribution in [0.2, 0.25) is 0 Å². The molecule has 1 fully saturated rings. The topological polar surface area (TPSA) is 104 Å². The third-order valence-electron chi connectivity index (χ3n) is 4.04. The third-order valence-corrected chi connectivity index (χ3v) is 4.80. The van der Waals surface area contributed by atoms with Gasteiger partial charge in [0, 0.05) is 37.0 Å². The minimum Gasteiger partial charge on any atom is -0.346 e. The second-order valence-corrected chi connectivity index (χ2v) is 6.52. The lowest BCUT2D eigenvalue weighted by Gasteiger charge is -2.09. The lowest BCUT2D eigenvalue weighted by molar-refractivity contribution is -0.127. The Hall–Kier alpha value is -2.81. The van der Waals surface area contributed by atoms with E-state index in [4.69, 9.17) is 0 Å². The lowest BCUT2D eigenvalue weighted by atomic mass is 10.1. The Kier molecular flexibility index (Phi) is 3.49. The Balaban J connectivity index is 1.54. The number of carbonyl (C=O) groups is 2. The highest BCUT2D eigenvalue weighted by atomic mass is 32.1. The van der Waals surface area contributed by atoms with E-state index in [1.54, 1.807) is 18.1 Å². The zero-order chi connectivity index (χ0) is 16.7. The van der Waals surface area contributed by atoms with Gasteiger partial charge in [0.1, 0.15) is 23.4 Å². The van der Waals surface area contributed by atoms with Crippen molar-refractivity contribution in [3.8, 4) is 11.4 Å². The Bertz CT molecular complexity index is 933. The van der Waals surface area contributed by atoms with Crippen LogP contribution in [0.15, 0.2) is 24.0 Å². The van der Waals surface area contributed by atoms with Crippen molar-refractivity contribution in [3.05, 3.63) is 24.0 Å². The van der Waals surface area contributed by atoms with E-state index >= 15 is 0 Å². The minimum atomic E-state index is -0.328. The molecule has 0 aliphatic carbocycles. The van der Waals surface area contributed by atoms with E-state index in [0.717, 1.165) is 11.0 Å². The first kappa shape index (κ1) is 14.8. The van der Waals surface area contributed by atoms with E-state index in [-0.39, 0.29) is 24.2 Å². The van der Waals surface area contributed by atoms with Crippen molar-refractivity contribution in [2.24, 2.45) is 5.92 Å². The molecule has 0 spiro atoms. The molecule has 2 amide bonds. The Labute approximate surface area is 140 Å². The molecule has 1 atom stereocenters. The van der Waals surface area contributed by atoms with E-state index in [1.807, 2.05) is 11.4 Å². The molecule has 1 saturated heterocycles. The van der Waals surface area contributed by atoms with E-state index < -0.39 is 0 Å². The predicted octanol–water partition coefficient (Wildman–Crippen LogP) is 1.50. The molecule has 122 valence electrons. The van der Waals surface area contributed by atoms with Crippen molar-refractivity contribution in [2.75, 3.05) is 18.9 Å². The first-order valence-corrected chi connectivity index (χ1v) is 8.28. The fourth-order valence-electron chi connectivity index (χ4n) is 2.76. The van der Waals surface area contributed by atoms with Gasteiger partial charge >= 0.3 is 0 Å². The fraction of sp³-hybridized carbons (Fsp3) is 0.267.